The second-order valence-electron chi connectivity index (χ2n) is 6.47. The number of nitrogen functional groups attached to an aromatic ring is 1. The number of carbonyl (C=O) groups excluding carboxylic acids is 1. The molecule has 0 radical (unpaired) electrons. The first-order chi connectivity index (χ1) is 10.1. The minimum absolute atomic E-state index is 0.0400. The molecule has 0 aromatic carbocycles. The molecule has 0 atom stereocenters. The number of nitrogens with two attached hydrogens (primary N) is 1. The largest absolute Gasteiger partial charge is 0.397 e. The lowest BCUT2D eigenvalue weighted by molar-refractivity contribution is 0.0947. The van der Waals surface area contributed by atoms with E-state index in [0.717, 1.165) is 28.2 Å². The van der Waals surface area contributed by atoms with E-state index in [1.165, 1.54) is 37.0 Å². The van der Waals surface area contributed by atoms with E-state index in [2.05, 4.69) is 10.3 Å². The Morgan fingerprint density at radius 1 is 1.52 bits per heavy atom. The molecule has 3 N–H and O–H groups in total. The number of thiophene rings is 1. The Morgan fingerprint density at radius 3 is 2.90 bits per heavy atom. The van der Waals surface area contributed by atoms with Crippen LogP contribution in [0.4, 0.5) is 5.69 Å². The van der Waals surface area contributed by atoms with Crippen molar-refractivity contribution in [2.75, 3.05) is 12.3 Å². The Kier molecular flexibility index (Phi) is 2.76. The van der Waals surface area contributed by atoms with Crippen molar-refractivity contribution in [3.63, 3.8) is 0 Å². The minimum atomic E-state index is -0.0400. The molecule has 4 nitrogen and oxygen atoms in total. The van der Waals surface area contributed by atoms with Crippen LogP contribution in [-0.4, -0.2) is 17.4 Å². The van der Waals surface area contributed by atoms with Gasteiger partial charge in [0.2, 0.25) is 0 Å². The van der Waals surface area contributed by atoms with Gasteiger partial charge in [-0.25, -0.2) is 4.98 Å². The van der Waals surface area contributed by atoms with Crippen LogP contribution in [-0.2, 0) is 0 Å². The predicted molar refractivity (Wildman–Crippen MR) is 85.5 cm³/mol. The van der Waals surface area contributed by atoms with Gasteiger partial charge in [-0.15, -0.1) is 11.3 Å². The number of fused-ring (bicyclic) bond motifs is 1. The summed E-state index contributed by atoms with van der Waals surface area (Å²) in [5.74, 6) is 0.809. The first kappa shape index (κ1) is 13.1. The monoisotopic (exact) mass is 301 g/mol. The lowest BCUT2D eigenvalue weighted by Crippen LogP contribution is -2.31. The smallest absolute Gasteiger partial charge is 0.263 e. The van der Waals surface area contributed by atoms with Gasteiger partial charge in [0, 0.05) is 18.1 Å². The topological polar surface area (TPSA) is 68.0 Å². The van der Waals surface area contributed by atoms with Crippen LogP contribution >= 0.6 is 11.3 Å². The number of nitrogens with zero attached hydrogens (tertiary/aromatic N) is 1. The quantitative estimate of drug-likeness (QED) is 0.911. The van der Waals surface area contributed by atoms with E-state index in [1.807, 2.05) is 13.0 Å². The summed E-state index contributed by atoms with van der Waals surface area (Å²) in [7, 11) is 0. The van der Waals surface area contributed by atoms with Crippen LogP contribution in [0.1, 0.15) is 40.9 Å². The van der Waals surface area contributed by atoms with Crippen LogP contribution in [0, 0.1) is 18.3 Å². The van der Waals surface area contributed by atoms with Crippen LogP contribution in [0.3, 0.4) is 0 Å². The van der Waals surface area contributed by atoms with E-state index < -0.39 is 0 Å². The zero-order valence-electron chi connectivity index (χ0n) is 12.1. The number of anilines is 1. The lowest BCUT2D eigenvalue weighted by Gasteiger charge is -2.14. The van der Waals surface area contributed by atoms with Crippen molar-refractivity contribution in [2.24, 2.45) is 11.3 Å². The molecule has 2 fully saturated rings. The molecule has 2 aromatic heterocycles. The predicted octanol–water partition coefficient (Wildman–Crippen LogP) is 3.11. The zero-order chi connectivity index (χ0) is 14.6. The highest BCUT2D eigenvalue weighted by atomic mass is 32.1. The molecule has 2 aliphatic carbocycles. The van der Waals surface area contributed by atoms with Crippen molar-refractivity contribution in [2.45, 2.75) is 32.6 Å². The maximum atomic E-state index is 12.5. The zero-order valence-corrected chi connectivity index (χ0v) is 12.9. The van der Waals surface area contributed by atoms with E-state index in [9.17, 15) is 4.79 Å². The molecule has 5 heteroatoms. The molecule has 110 valence electrons. The molecule has 0 unspecified atom stereocenters. The van der Waals surface area contributed by atoms with E-state index in [1.54, 1.807) is 6.20 Å². The van der Waals surface area contributed by atoms with Gasteiger partial charge in [0.05, 0.1) is 5.69 Å². The Balaban J connectivity index is 1.57. The van der Waals surface area contributed by atoms with Crippen LogP contribution in [0.15, 0.2) is 12.3 Å². The van der Waals surface area contributed by atoms with Crippen molar-refractivity contribution >= 4 is 33.1 Å². The number of pyridine rings is 1. The fraction of sp³-hybridized carbons (Fsp3) is 0.500. The van der Waals surface area contributed by atoms with Crippen LogP contribution in [0.5, 0.6) is 0 Å². The molecular weight excluding hydrogens is 282 g/mol. The Bertz CT molecular complexity index is 728. The van der Waals surface area contributed by atoms with Crippen LogP contribution in [0.2, 0.25) is 0 Å². The number of aromatic nitrogens is 1. The molecule has 21 heavy (non-hydrogen) atoms. The van der Waals surface area contributed by atoms with Gasteiger partial charge < -0.3 is 11.1 Å². The van der Waals surface area contributed by atoms with Gasteiger partial charge in [0.1, 0.15) is 9.71 Å². The molecule has 2 aliphatic rings. The summed E-state index contributed by atoms with van der Waals surface area (Å²) in [5.41, 5.74) is 8.24. The molecule has 0 saturated heterocycles. The summed E-state index contributed by atoms with van der Waals surface area (Å²) in [6.07, 6.45) is 6.97. The second kappa shape index (κ2) is 4.44. The number of rotatable bonds is 4. The number of hydrogen-bond acceptors (Lipinski definition) is 4. The SMILES string of the molecule is Cc1ccnc2sc(C(=O)NCC3(C4CC4)CC3)c(N)c12. The van der Waals surface area contributed by atoms with Gasteiger partial charge in [0.15, 0.2) is 0 Å². The molecule has 0 bridgehead atoms. The number of hydrogen-bond donors (Lipinski definition) is 2. The number of nitrogens with one attached hydrogen (secondary N) is 1. The van der Waals surface area contributed by atoms with Crippen molar-refractivity contribution in [1.82, 2.24) is 10.3 Å². The van der Waals surface area contributed by atoms with Crippen LogP contribution < -0.4 is 11.1 Å². The summed E-state index contributed by atoms with van der Waals surface area (Å²) >= 11 is 1.39. The van der Waals surface area contributed by atoms with E-state index >= 15 is 0 Å². The maximum absolute atomic E-state index is 12.5. The molecule has 4 rings (SSSR count). The first-order valence-corrected chi connectivity index (χ1v) is 8.34. The van der Waals surface area contributed by atoms with Gasteiger partial charge in [-0.3, -0.25) is 4.79 Å². The van der Waals surface area contributed by atoms with Gasteiger partial charge >= 0.3 is 0 Å². The van der Waals surface area contributed by atoms with E-state index in [0.29, 0.717) is 16.0 Å². The second-order valence-corrected chi connectivity index (χ2v) is 7.47. The fourth-order valence-electron chi connectivity index (χ4n) is 3.29. The van der Waals surface area contributed by atoms with E-state index in [-0.39, 0.29) is 5.91 Å². The van der Waals surface area contributed by atoms with E-state index in [4.69, 9.17) is 5.73 Å². The molecule has 0 aliphatic heterocycles. The Morgan fingerprint density at radius 2 is 2.29 bits per heavy atom. The summed E-state index contributed by atoms with van der Waals surface area (Å²) in [4.78, 5) is 18.2. The molecule has 2 aromatic rings. The third-order valence-electron chi connectivity index (χ3n) is 4.98. The average Bonchev–Trinajstić information content (AvgIpc) is 3.34. The standard InChI is InChI=1S/C16H19N3OS/c1-9-4-7-18-15-11(9)12(17)13(21-15)14(20)19-8-16(5-6-16)10-2-3-10/h4,7,10H,2-3,5-6,8,17H2,1H3,(H,19,20). The highest BCUT2D eigenvalue weighted by molar-refractivity contribution is 7.21. The number of aryl methyl sites for hydroxylation is 1. The highest BCUT2D eigenvalue weighted by Crippen LogP contribution is 2.60. The summed E-state index contributed by atoms with van der Waals surface area (Å²) < 4.78 is 0. The molecule has 1 amide bonds. The third-order valence-corrected chi connectivity index (χ3v) is 6.09. The summed E-state index contributed by atoms with van der Waals surface area (Å²) in [5, 5.41) is 4.03. The highest BCUT2D eigenvalue weighted by Gasteiger charge is 2.53. The van der Waals surface area contributed by atoms with Gasteiger partial charge in [-0.2, -0.15) is 0 Å². The van der Waals surface area contributed by atoms with Gasteiger partial charge in [0.25, 0.3) is 5.91 Å². The van der Waals surface area contributed by atoms with Crippen molar-refractivity contribution in [3.8, 4) is 0 Å². The van der Waals surface area contributed by atoms with Crippen molar-refractivity contribution < 1.29 is 4.79 Å². The molecule has 0 spiro atoms. The van der Waals surface area contributed by atoms with Crippen molar-refractivity contribution in [3.05, 3.63) is 22.7 Å². The first-order valence-electron chi connectivity index (χ1n) is 7.52. The summed E-state index contributed by atoms with van der Waals surface area (Å²) in [6.45, 7) is 2.80. The maximum Gasteiger partial charge on any atom is 0.263 e. The Labute approximate surface area is 127 Å². The Hall–Kier alpha value is -1.62. The number of amides is 1. The minimum Gasteiger partial charge on any atom is -0.397 e. The summed E-state index contributed by atoms with van der Waals surface area (Å²) in [6, 6.07) is 1.93. The fourth-order valence-corrected chi connectivity index (χ4v) is 4.35. The third kappa shape index (κ3) is 2.11. The molecular formula is C16H19N3OS. The van der Waals surface area contributed by atoms with Gasteiger partial charge in [-0.05, 0) is 55.6 Å². The number of carbonyl (C=O) groups is 1. The van der Waals surface area contributed by atoms with Crippen molar-refractivity contribution in [1.29, 1.82) is 0 Å². The molecule has 2 heterocycles. The normalized spacial score (nSPS) is 19.7. The average molecular weight is 301 g/mol. The van der Waals surface area contributed by atoms with Gasteiger partial charge in [-0.1, -0.05) is 0 Å². The lowest BCUT2D eigenvalue weighted by atomic mass is 10.0. The van der Waals surface area contributed by atoms with Crippen LogP contribution in [0.25, 0.3) is 10.2 Å². The molecule has 2 saturated carbocycles.